The number of hydrogen-bond acceptors (Lipinski definition) is 2. The fraction of sp³-hybridized carbons (Fsp3) is 0.133. The Labute approximate surface area is 114 Å². The molecule has 0 fully saturated rings. The van der Waals surface area contributed by atoms with E-state index in [9.17, 15) is 13.6 Å². The van der Waals surface area contributed by atoms with Crippen LogP contribution in [-0.4, -0.2) is 11.1 Å². The Kier molecular flexibility index (Phi) is 3.98. The van der Waals surface area contributed by atoms with E-state index in [1.807, 2.05) is 0 Å². The summed E-state index contributed by atoms with van der Waals surface area (Å²) in [5.74, 6) is -1.64. The van der Waals surface area contributed by atoms with Gasteiger partial charge in [-0.15, -0.1) is 0 Å². The van der Waals surface area contributed by atoms with Gasteiger partial charge >= 0.3 is 5.97 Å². The first-order chi connectivity index (χ1) is 9.47. The zero-order valence-electron chi connectivity index (χ0n) is 10.7. The van der Waals surface area contributed by atoms with Crippen molar-refractivity contribution in [3.63, 3.8) is 0 Å². The molecule has 0 aliphatic carbocycles. The van der Waals surface area contributed by atoms with Crippen LogP contribution in [0.1, 0.15) is 21.5 Å². The summed E-state index contributed by atoms with van der Waals surface area (Å²) in [6.45, 7) is 1.54. The maximum absolute atomic E-state index is 13.6. The van der Waals surface area contributed by atoms with E-state index in [1.165, 1.54) is 30.3 Å². The molecule has 2 aromatic rings. The van der Waals surface area contributed by atoms with Gasteiger partial charge in [0.25, 0.3) is 0 Å². The van der Waals surface area contributed by atoms with Gasteiger partial charge < -0.3 is 9.84 Å². The standard InChI is InChI=1S/C15H12F2O3/c1-9-6-12(16)3-5-14(9)20-8-11-7-10(15(18)19)2-4-13(11)17/h2-7H,8H2,1H3,(H,18,19). The van der Waals surface area contributed by atoms with Crippen molar-refractivity contribution < 1.29 is 23.4 Å². The quantitative estimate of drug-likeness (QED) is 0.930. The van der Waals surface area contributed by atoms with Gasteiger partial charge in [0.1, 0.15) is 24.0 Å². The second-order valence-electron chi connectivity index (χ2n) is 4.31. The molecule has 0 bridgehead atoms. The molecule has 0 atom stereocenters. The van der Waals surface area contributed by atoms with Crippen LogP contribution in [0.2, 0.25) is 0 Å². The van der Waals surface area contributed by atoms with Gasteiger partial charge in [-0.2, -0.15) is 0 Å². The van der Waals surface area contributed by atoms with E-state index >= 15 is 0 Å². The number of carboxylic acids is 1. The van der Waals surface area contributed by atoms with Crippen molar-refractivity contribution in [1.82, 2.24) is 0 Å². The highest BCUT2D eigenvalue weighted by Crippen LogP contribution is 2.21. The summed E-state index contributed by atoms with van der Waals surface area (Å²) < 4.78 is 31.9. The highest BCUT2D eigenvalue weighted by atomic mass is 19.1. The third-order valence-electron chi connectivity index (χ3n) is 2.81. The number of ether oxygens (including phenoxy) is 1. The highest BCUT2D eigenvalue weighted by Gasteiger charge is 2.10. The van der Waals surface area contributed by atoms with E-state index in [0.29, 0.717) is 11.3 Å². The van der Waals surface area contributed by atoms with Crippen LogP contribution in [0.15, 0.2) is 36.4 Å². The lowest BCUT2D eigenvalue weighted by molar-refractivity contribution is 0.0696. The fourth-order valence-electron chi connectivity index (χ4n) is 1.75. The van der Waals surface area contributed by atoms with E-state index in [2.05, 4.69) is 0 Å². The van der Waals surface area contributed by atoms with Crippen molar-refractivity contribution in [3.05, 3.63) is 64.7 Å². The van der Waals surface area contributed by atoms with Crippen molar-refractivity contribution in [1.29, 1.82) is 0 Å². The number of benzene rings is 2. The third kappa shape index (κ3) is 3.12. The van der Waals surface area contributed by atoms with Crippen LogP contribution in [0.5, 0.6) is 5.75 Å². The Morgan fingerprint density at radius 1 is 1.20 bits per heavy atom. The van der Waals surface area contributed by atoms with Crippen molar-refractivity contribution >= 4 is 5.97 Å². The highest BCUT2D eigenvalue weighted by molar-refractivity contribution is 5.87. The monoisotopic (exact) mass is 278 g/mol. The number of carboxylic acid groups (broad SMARTS) is 1. The van der Waals surface area contributed by atoms with E-state index in [1.54, 1.807) is 6.92 Å². The molecule has 0 radical (unpaired) electrons. The van der Waals surface area contributed by atoms with Crippen molar-refractivity contribution in [2.45, 2.75) is 13.5 Å². The molecule has 0 spiro atoms. The van der Waals surface area contributed by atoms with Crippen LogP contribution in [0.4, 0.5) is 8.78 Å². The van der Waals surface area contributed by atoms with Crippen LogP contribution in [0.25, 0.3) is 0 Å². The van der Waals surface area contributed by atoms with Crippen LogP contribution in [0, 0.1) is 18.6 Å². The van der Waals surface area contributed by atoms with E-state index < -0.39 is 11.8 Å². The largest absolute Gasteiger partial charge is 0.489 e. The number of halogens is 2. The predicted molar refractivity (Wildman–Crippen MR) is 68.8 cm³/mol. The summed E-state index contributed by atoms with van der Waals surface area (Å²) in [4.78, 5) is 10.8. The molecule has 104 valence electrons. The molecule has 0 saturated carbocycles. The number of aromatic carboxylic acids is 1. The summed E-state index contributed by atoms with van der Waals surface area (Å²) in [6.07, 6.45) is 0. The topological polar surface area (TPSA) is 46.5 Å². The number of rotatable bonds is 4. The lowest BCUT2D eigenvalue weighted by atomic mass is 10.1. The fourth-order valence-corrected chi connectivity index (χ4v) is 1.75. The van der Waals surface area contributed by atoms with Crippen molar-refractivity contribution in [3.8, 4) is 5.75 Å². The van der Waals surface area contributed by atoms with Gasteiger partial charge in [0.05, 0.1) is 5.56 Å². The summed E-state index contributed by atoms with van der Waals surface area (Å²) in [5.41, 5.74) is 0.703. The Bertz CT molecular complexity index is 654. The van der Waals surface area contributed by atoms with E-state index in [0.717, 1.165) is 6.07 Å². The zero-order chi connectivity index (χ0) is 14.7. The minimum Gasteiger partial charge on any atom is -0.489 e. The molecule has 3 nitrogen and oxygen atoms in total. The van der Waals surface area contributed by atoms with Gasteiger partial charge in [0.15, 0.2) is 0 Å². The molecular formula is C15H12F2O3. The lowest BCUT2D eigenvalue weighted by Gasteiger charge is -2.10. The molecular weight excluding hydrogens is 266 g/mol. The molecule has 0 amide bonds. The van der Waals surface area contributed by atoms with Crippen LogP contribution < -0.4 is 4.74 Å². The summed E-state index contributed by atoms with van der Waals surface area (Å²) in [7, 11) is 0. The average Bonchev–Trinajstić information content (AvgIpc) is 2.39. The molecule has 0 unspecified atom stereocenters. The van der Waals surface area contributed by atoms with Gasteiger partial charge in [0.2, 0.25) is 0 Å². The Morgan fingerprint density at radius 3 is 2.60 bits per heavy atom. The molecule has 2 rings (SSSR count). The van der Waals surface area contributed by atoms with Gasteiger partial charge in [0, 0.05) is 5.56 Å². The molecule has 0 aliphatic rings. The Balaban J connectivity index is 2.18. The SMILES string of the molecule is Cc1cc(F)ccc1OCc1cc(C(=O)O)ccc1F. The molecule has 2 aromatic carbocycles. The van der Waals surface area contributed by atoms with Crippen molar-refractivity contribution in [2.24, 2.45) is 0 Å². The van der Waals surface area contributed by atoms with E-state index in [-0.39, 0.29) is 23.6 Å². The smallest absolute Gasteiger partial charge is 0.335 e. The minimum atomic E-state index is -1.13. The first-order valence-corrected chi connectivity index (χ1v) is 5.88. The first kappa shape index (κ1) is 14.0. The van der Waals surface area contributed by atoms with Gasteiger partial charge in [-0.25, -0.2) is 13.6 Å². The number of carbonyl (C=O) groups is 1. The molecule has 20 heavy (non-hydrogen) atoms. The zero-order valence-corrected chi connectivity index (χ0v) is 10.7. The second kappa shape index (κ2) is 5.69. The predicted octanol–water partition coefficient (Wildman–Crippen LogP) is 3.55. The summed E-state index contributed by atoms with van der Waals surface area (Å²) in [5, 5.41) is 8.86. The first-order valence-electron chi connectivity index (χ1n) is 5.88. The molecule has 0 aliphatic heterocycles. The minimum absolute atomic E-state index is 0.0131. The molecule has 0 heterocycles. The van der Waals surface area contributed by atoms with Crippen LogP contribution in [-0.2, 0) is 6.61 Å². The number of hydrogen-bond donors (Lipinski definition) is 1. The summed E-state index contributed by atoms with van der Waals surface area (Å²) >= 11 is 0. The normalized spacial score (nSPS) is 10.3. The number of aryl methyl sites for hydroxylation is 1. The summed E-state index contributed by atoms with van der Waals surface area (Å²) in [6, 6.07) is 7.48. The van der Waals surface area contributed by atoms with Crippen LogP contribution >= 0.6 is 0 Å². The van der Waals surface area contributed by atoms with E-state index in [4.69, 9.17) is 9.84 Å². The Morgan fingerprint density at radius 2 is 1.95 bits per heavy atom. The maximum atomic E-state index is 13.6. The van der Waals surface area contributed by atoms with Gasteiger partial charge in [-0.1, -0.05) is 0 Å². The molecule has 0 aromatic heterocycles. The second-order valence-corrected chi connectivity index (χ2v) is 4.31. The third-order valence-corrected chi connectivity index (χ3v) is 2.81. The average molecular weight is 278 g/mol. The van der Waals surface area contributed by atoms with Gasteiger partial charge in [-0.05, 0) is 48.9 Å². The Hall–Kier alpha value is -2.43. The van der Waals surface area contributed by atoms with Gasteiger partial charge in [-0.3, -0.25) is 0 Å². The molecule has 0 saturated heterocycles. The maximum Gasteiger partial charge on any atom is 0.335 e. The molecule has 1 N–H and O–H groups in total. The van der Waals surface area contributed by atoms with Crippen molar-refractivity contribution in [2.75, 3.05) is 0 Å². The lowest BCUT2D eigenvalue weighted by Crippen LogP contribution is -2.03. The molecule has 5 heteroatoms. The van der Waals surface area contributed by atoms with Crippen LogP contribution in [0.3, 0.4) is 0 Å².